The lowest BCUT2D eigenvalue weighted by molar-refractivity contribution is -0.385. The van der Waals surface area contributed by atoms with Crippen molar-refractivity contribution in [3.63, 3.8) is 0 Å². The number of nitrogens with one attached hydrogen (secondary N) is 1. The molecule has 0 atom stereocenters. The summed E-state index contributed by atoms with van der Waals surface area (Å²) in [4.78, 5) is 22.9. The zero-order valence-corrected chi connectivity index (χ0v) is 17.1. The van der Waals surface area contributed by atoms with Crippen LogP contribution in [0.1, 0.15) is 18.4 Å². The fourth-order valence-electron chi connectivity index (χ4n) is 3.36. The molecule has 0 bridgehead atoms. The zero-order valence-electron chi connectivity index (χ0n) is 16.3. The predicted octanol–water partition coefficient (Wildman–Crippen LogP) is 2.83. The highest BCUT2D eigenvalue weighted by atomic mass is 32.2. The molecular formula is C21H23N3O5S. The Labute approximate surface area is 175 Å². The number of para-hydroxylation sites is 1. The molecule has 1 aliphatic heterocycles. The number of carbonyl (C=O) groups is 1. The van der Waals surface area contributed by atoms with Crippen molar-refractivity contribution >= 4 is 27.7 Å². The summed E-state index contributed by atoms with van der Waals surface area (Å²) >= 11 is 0. The number of nitrogens with zero attached hydrogens (tertiary/aromatic N) is 2. The van der Waals surface area contributed by atoms with E-state index in [1.807, 2.05) is 0 Å². The number of carbonyl (C=O) groups excluding carboxylic acids is 1. The van der Waals surface area contributed by atoms with Crippen LogP contribution in [0.2, 0.25) is 0 Å². The molecule has 2 aromatic carbocycles. The van der Waals surface area contributed by atoms with Crippen molar-refractivity contribution in [1.29, 1.82) is 0 Å². The van der Waals surface area contributed by atoms with E-state index < -0.39 is 14.9 Å². The molecule has 1 fully saturated rings. The molecule has 8 nitrogen and oxygen atoms in total. The van der Waals surface area contributed by atoms with Gasteiger partial charge in [0.05, 0.1) is 15.4 Å². The van der Waals surface area contributed by atoms with Gasteiger partial charge in [-0.1, -0.05) is 30.3 Å². The van der Waals surface area contributed by atoms with Crippen LogP contribution in [0.15, 0.2) is 65.6 Å². The first-order valence-corrected chi connectivity index (χ1v) is 11.1. The van der Waals surface area contributed by atoms with E-state index in [2.05, 4.69) is 5.32 Å². The average Bonchev–Trinajstić information content (AvgIpc) is 2.77. The Morgan fingerprint density at radius 2 is 1.73 bits per heavy atom. The number of piperidine rings is 1. The second-order valence-electron chi connectivity index (χ2n) is 7.05. The second kappa shape index (κ2) is 9.64. The summed E-state index contributed by atoms with van der Waals surface area (Å²) in [6, 6.07) is 14.6. The van der Waals surface area contributed by atoms with Gasteiger partial charge in [0.2, 0.25) is 15.9 Å². The van der Waals surface area contributed by atoms with Crippen LogP contribution < -0.4 is 5.32 Å². The fourth-order valence-corrected chi connectivity index (χ4v) is 4.85. The van der Waals surface area contributed by atoms with Crippen molar-refractivity contribution in [2.75, 3.05) is 19.6 Å². The van der Waals surface area contributed by atoms with E-state index in [9.17, 15) is 23.3 Å². The minimum Gasteiger partial charge on any atom is -0.352 e. The smallest absolute Gasteiger partial charge is 0.276 e. The van der Waals surface area contributed by atoms with Crippen LogP contribution in [0.4, 0.5) is 5.69 Å². The van der Waals surface area contributed by atoms with Gasteiger partial charge in [0.25, 0.3) is 5.69 Å². The Bertz CT molecular complexity index is 1030. The van der Waals surface area contributed by atoms with Crippen molar-refractivity contribution in [2.45, 2.75) is 17.7 Å². The van der Waals surface area contributed by atoms with Gasteiger partial charge >= 0.3 is 0 Å². The van der Waals surface area contributed by atoms with Gasteiger partial charge in [-0.25, -0.2) is 8.42 Å². The van der Waals surface area contributed by atoms with Crippen LogP contribution in [0.3, 0.4) is 0 Å². The topological polar surface area (TPSA) is 110 Å². The molecule has 1 saturated heterocycles. The molecular weight excluding hydrogens is 406 g/mol. The lowest BCUT2D eigenvalue weighted by Crippen LogP contribution is -2.41. The van der Waals surface area contributed by atoms with E-state index in [-0.39, 0.29) is 22.4 Å². The van der Waals surface area contributed by atoms with Crippen molar-refractivity contribution in [2.24, 2.45) is 5.92 Å². The van der Waals surface area contributed by atoms with E-state index >= 15 is 0 Å². The normalized spacial score (nSPS) is 15.9. The third-order valence-corrected chi connectivity index (χ3v) is 6.98. The average molecular weight is 429 g/mol. The van der Waals surface area contributed by atoms with Gasteiger partial charge in [-0.15, -0.1) is 0 Å². The number of hydrogen-bond donors (Lipinski definition) is 1. The summed E-state index contributed by atoms with van der Waals surface area (Å²) in [5.41, 5.74) is 0.297. The number of nitro benzene ring substituents is 1. The largest absolute Gasteiger partial charge is 0.352 e. The van der Waals surface area contributed by atoms with Crippen molar-refractivity contribution in [3.05, 3.63) is 76.4 Å². The Kier molecular flexibility index (Phi) is 6.96. The molecule has 0 radical (unpaired) electrons. The van der Waals surface area contributed by atoms with Crippen LogP contribution in [0, 0.1) is 16.0 Å². The molecule has 1 aliphatic rings. The third-order valence-electron chi connectivity index (χ3n) is 5.07. The van der Waals surface area contributed by atoms with E-state index in [0.717, 1.165) is 0 Å². The monoisotopic (exact) mass is 429 g/mol. The predicted molar refractivity (Wildman–Crippen MR) is 113 cm³/mol. The van der Waals surface area contributed by atoms with E-state index in [1.54, 1.807) is 48.5 Å². The lowest BCUT2D eigenvalue weighted by Gasteiger charge is -2.31. The van der Waals surface area contributed by atoms with Crippen LogP contribution in [0.5, 0.6) is 0 Å². The van der Waals surface area contributed by atoms with E-state index in [4.69, 9.17) is 0 Å². The Hall–Kier alpha value is -3.04. The minimum absolute atomic E-state index is 0.0615. The molecule has 1 amide bonds. The van der Waals surface area contributed by atoms with Gasteiger partial charge in [-0.3, -0.25) is 14.9 Å². The summed E-state index contributed by atoms with van der Waals surface area (Å²) < 4.78 is 26.8. The Morgan fingerprint density at radius 3 is 2.40 bits per heavy atom. The number of rotatable bonds is 7. The molecule has 30 heavy (non-hydrogen) atoms. The van der Waals surface area contributed by atoms with Crippen molar-refractivity contribution < 1.29 is 18.1 Å². The fraction of sp³-hybridized carbons (Fsp3) is 0.286. The maximum atomic E-state index is 12.7. The van der Waals surface area contributed by atoms with E-state index in [0.29, 0.717) is 38.0 Å². The second-order valence-corrected chi connectivity index (χ2v) is 8.99. The summed E-state index contributed by atoms with van der Waals surface area (Å²) in [7, 11) is -3.49. The molecule has 1 heterocycles. The Balaban J connectivity index is 1.49. The van der Waals surface area contributed by atoms with Gasteiger partial charge in [-0.2, -0.15) is 4.31 Å². The van der Waals surface area contributed by atoms with Gasteiger partial charge in [0, 0.05) is 31.8 Å². The Morgan fingerprint density at radius 1 is 1.10 bits per heavy atom. The van der Waals surface area contributed by atoms with Gasteiger partial charge < -0.3 is 5.32 Å². The highest BCUT2D eigenvalue weighted by Crippen LogP contribution is 2.23. The number of hydrogen-bond acceptors (Lipinski definition) is 5. The zero-order chi connectivity index (χ0) is 21.6. The summed E-state index contributed by atoms with van der Waals surface area (Å²) in [6.45, 7) is 1.24. The van der Waals surface area contributed by atoms with E-state index in [1.165, 1.54) is 22.5 Å². The third kappa shape index (κ3) is 5.31. The van der Waals surface area contributed by atoms with Crippen LogP contribution in [0.25, 0.3) is 6.08 Å². The molecule has 3 rings (SSSR count). The van der Waals surface area contributed by atoms with Gasteiger partial charge in [0.15, 0.2) is 0 Å². The molecule has 158 valence electrons. The van der Waals surface area contributed by atoms with Crippen LogP contribution in [-0.4, -0.2) is 43.2 Å². The van der Waals surface area contributed by atoms with Crippen LogP contribution in [-0.2, 0) is 14.8 Å². The summed E-state index contributed by atoms with van der Waals surface area (Å²) in [6.07, 6.45) is 4.00. The molecule has 0 unspecified atom stereocenters. The molecule has 0 aromatic heterocycles. The number of sulfonamides is 1. The van der Waals surface area contributed by atoms with Crippen LogP contribution >= 0.6 is 0 Å². The van der Waals surface area contributed by atoms with Crippen molar-refractivity contribution in [3.8, 4) is 0 Å². The quantitative estimate of drug-likeness (QED) is 0.413. The first kappa shape index (κ1) is 21.7. The first-order chi connectivity index (χ1) is 14.4. The first-order valence-electron chi connectivity index (χ1n) is 9.62. The highest BCUT2D eigenvalue weighted by molar-refractivity contribution is 7.89. The molecule has 2 aromatic rings. The lowest BCUT2D eigenvalue weighted by atomic mass is 9.98. The molecule has 0 aliphatic carbocycles. The van der Waals surface area contributed by atoms with Crippen molar-refractivity contribution in [1.82, 2.24) is 9.62 Å². The van der Waals surface area contributed by atoms with Gasteiger partial charge in [-0.05, 0) is 43.0 Å². The summed E-state index contributed by atoms with van der Waals surface area (Å²) in [5.74, 6) is -0.164. The standard InChI is InChI=1S/C21H23N3O5S/c25-21(11-10-18-6-4-5-9-20(18)24(26)27)22-16-17-12-14-23(15-13-17)30(28,29)19-7-2-1-3-8-19/h1-11,17H,12-16H2,(H,22,25)/b11-10+. The maximum Gasteiger partial charge on any atom is 0.276 e. The van der Waals surface area contributed by atoms with Gasteiger partial charge in [0.1, 0.15) is 0 Å². The number of nitro groups is 1. The number of amides is 1. The minimum atomic E-state index is -3.49. The number of benzene rings is 2. The highest BCUT2D eigenvalue weighted by Gasteiger charge is 2.29. The molecule has 0 spiro atoms. The molecule has 9 heteroatoms. The summed E-state index contributed by atoms with van der Waals surface area (Å²) in [5, 5.41) is 13.8. The molecule has 0 saturated carbocycles. The SMILES string of the molecule is O=C(/C=C/c1ccccc1[N+](=O)[O-])NCC1CCN(S(=O)(=O)c2ccccc2)CC1. The maximum absolute atomic E-state index is 12.7. The molecule has 1 N–H and O–H groups in total.